The van der Waals surface area contributed by atoms with Gasteiger partial charge in [-0.2, -0.15) is 0 Å². The number of fused-ring (bicyclic) bond motifs is 2. The summed E-state index contributed by atoms with van der Waals surface area (Å²) in [5, 5.41) is 2.90. The Labute approximate surface area is 132 Å². The largest absolute Gasteiger partial charge is 0.454 e. The SMILES string of the molecule is O=C(NCCc1ccc2c(c1)OCO2)c1ccc2c(c1)OCO2. The summed E-state index contributed by atoms with van der Waals surface area (Å²) in [7, 11) is 0. The molecule has 0 radical (unpaired) electrons. The van der Waals surface area contributed by atoms with Crippen LogP contribution in [0.25, 0.3) is 0 Å². The molecule has 0 saturated carbocycles. The Morgan fingerprint density at radius 1 is 0.870 bits per heavy atom. The normalized spacial score (nSPS) is 13.9. The molecule has 0 saturated heterocycles. The molecule has 0 spiro atoms. The monoisotopic (exact) mass is 313 g/mol. The number of hydrogen-bond acceptors (Lipinski definition) is 5. The summed E-state index contributed by atoms with van der Waals surface area (Å²) in [5.74, 6) is 2.65. The highest BCUT2D eigenvalue weighted by Crippen LogP contribution is 2.33. The first-order valence-electron chi connectivity index (χ1n) is 7.36. The van der Waals surface area contributed by atoms with Crippen molar-refractivity contribution >= 4 is 5.91 Å². The number of carbonyl (C=O) groups is 1. The van der Waals surface area contributed by atoms with E-state index in [9.17, 15) is 4.79 Å². The van der Waals surface area contributed by atoms with E-state index in [4.69, 9.17) is 18.9 Å². The fourth-order valence-electron chi connectivity index (χ4n) is 2.56. The Morgan fingerprint density at radius 2 is 1.52 bits per heavy atom. The zero-order chi connectivity index (χ0) is 15.6. The van der Waals surface area contributed by atoms with Crippen molar-refractivity contribution in [1.29, 1.82) is 0 Å². The third-order valence-corrected chi connectivity index (χ3v) is 3.77. The summed E-state index contributed by atoms with van der Waals surface area (Å²) in [6.07, 6.45) is 0.715. The minimum atomic E-state index is -0.135. The van der Waals surface area contributed by atoms with E-state index in [1.54, 1.807) is 18.2 Å². The predicted octanol–water partition coefficient (Wildman–Crippen LogP) is 2.12. The van der Waals surface area contributed by atoms with Crippen LogP contribution in [0.1, 0.15) is 15.9 Å². The standard InChI is InChI=1S/C17H15NO5/c19-17(12-2-4-14-16(8-12)23-10-21-14)18-6-5-11-1-3-13-15(7-11)22-9-20-13/h1-4,7-8H,5-6,9-10H2,(H,18,19). The highest BCUT2D eigenvalue weighted by molar-refractivity contribution is 5.94. The molecule has 1 amide bonds. The maximum atomic E-state index is 12.2. The average Bonchev–Trinajstić information content (AvgIpc) is 3.22. The number of hydrogen-bond donors (Lipinski definition) is 1. The molecular formula is C17H15NO5. The van der Waals surface area contributed by atoms with Crippen molar-refractivity contribution < 1.29 is 23.7 Å². The van der Waals surface area contributed by atoms with E-state index in [1.807, 2.05) is 18.2 Å². The van der Waals surface area contributed by atoms with Crippen LogP contribution in [-0.2, 0) is 6.42 Å². The lowest BCUT2D eigenvalue weighted by Crippen LogP contribution is -2.25. The van der Waals surface area contributed by atoms with E-state index in [0.29, 0.717) is 30.0 Å². The number of rotatable bonds is 4. The number of amides is 1. The molecule has 4 rings (SSSR count). The van der Waals surface area contributed by atoms with Gasteiger partial charge in [0.2, 0.25) is 13.6 Å². The second-order valence-electron chi connectivity index (χ2n) is 5.26. The molecule has 6 heteroatoms. The van der Waals surface area contributed by atoms with Crippen molar-refractivity contribution in [1.82, 2.24) is 5.32 Å². The quantitative estimate of drug-likeness (QED) is 0.936. The molecule has 0 fully saturated rings. The van der Waals surface area contributed by atoms with Crippen LogP contribution in [0.3, 0.4) is 0 Å². The Bertz CT molecular complexity index is 759. The summed E-state index contributed by atoms with van der Waals surface area (Å²) < 4.78 is 21.1. The Hall–Kier alpha value is -2.89. The highest BCUT2D eigenvalue weighted by atomic mass is 16.7. The van der Waals surface area contributed by atoms with Gasteiger partial charge >= 0.3 is 0 Å². The van der Waals surface area contributed by atoms with Gasteiger partial charge in [-0.25, -0.2) is 0 Å². The molecule has 0 aromatic heterocycles. The Kier molecular flexibility index (Phi) is 3.42. The molecule has 2 aromatic carbocycles. The zero-order valence-electron chi connectivity index (χ0n) is 12.3. The smallest absolute Gasteiger partial charge is 0.251 e. The molecule has 2 aliphatic rings. The second-order valence-corrected chi connectivity index (χ2v) is 5.26. The summed E-state index contributed by atoms with van der Waals surface area (Å²) in [6, 6.07) is 11.0. The molecule has 2 aliphatic heterocycles. The number of carbonyl (C=O) groups excluding carboxylic acids is 1. The first-order valence-corrected chi connectivity index (χ1v) is 7.36. The maximum absolute atomic E-state index is 12.2. The van der Waals surface area contributed by atoms with E-state index in [2.05, 4.69) is 5.32 Å². The van der Waals surface area contributed by atoms with Crippen molar-refractivity contribution in [2.24, 2.45) is 0 Å². The molecule has 0 aliphatic carbocycles. The van der Waals surface area contributed by atoms with Crippen LogP contribution in [0, 0.1) is 0 Å². The third kappa shape index (κ3) is 2.75. The summed E-state index contributed by atoms with van der Waals surface area (Å²) in [5.41, 5.74) is 1.64. The molecule has 23 heavy (non-hydrogen) atoms. The molecule has 2 aromatic rings. The number of benzene rings is 2. The lowest BCUT2D eigenvalue weighted by Gasteiger charge is -2.07. The molecule has 6 nitrogen and oxygen atoms in total. The van der Waals surface area contributed by atoms with Crippen molar-refractivity contribution in [2.45, 2.75) is 6.42 Å². The van der Waals surface area contributed by atoms with Gasteiger partial charge < -0.3 is 24.3 Å². The highest BCUT2D eigenvalue weighted by Gasteiger charge is 2.16. The van der Waals surface area contributed by atoms with Gasteiger partial charge in [0.15, 0.2) is 23.0 Å². The molecule has 0 atom stereocenters. The van der Waals surface area contributed by atoms with E-state index in [0.717, 1.165) is 17.1 Å². The number of ether oxygens (including phenoxy) is 4. The van der Waals surface area contributed by atoms with Gasteiger partial charge in [-0.05, 0) is 42.3 Å². The molecule has 0 unspecified atom stereocenters. The fraction of sp³-hybridized carbons (Fsp3) is 0.235. The first kappa shape index (κ1) is 13.8. The summed E-state index contributed by atoms with van der Waals surface area (Å²) >= 11 is 0. The van der Waals surface area contributed by atoms with Crippen molar-refractivity contribution in [3.63, 3.8) is 0 Å². The van der Waals surface area contributed by atoms with Crippen LogP contribution < -0.4 is 24.3 Å². The van der Waals surface area contributed by atoms with Crippen molar-refractivity contribution in [2.75, 3.05) is 20.1 Å². The Morgan fingerprint density at radius 3 is 2.30 bits per heavy atom. The average molecular weight is 313 g/mol. The van der Waals surface area contributed by atoms with Crippen LogP contribution in [0.5, 0.6) is 23.0 Å². The third-order valence-electron chi connectivity index (χ3n) is 3.77. The zero-order valence-corrected chi connectivity index (χ0v) is 12.3. The first-order chi connectivity index (χ1) is 11.3. The molecule has 0 bridgehead atoms. The van der Waals surface area contributed by atoms with Gasteiger partial charge in [-0.3, -0.25) is 4.79 Å². The van der Waals surface area contributed by atoms with Crippen LogP contribution in [0.2, 0.25) is 0 Å². The molecular weight excluding hydrogens is 298 g/mol. The fourth-order valence-corrected chi connectivity index (χ4v) is 2.56. The lowest BCUT2D eigenvalue weighted by atomic mass is 10.1. The van der Waals surface area contributed by atoms with Gasteiger partial charge in [0.25, 0.3) is 5.91 Å². The number of nitrogens with one attached hydrogen (secondary N) is 1. The van der Waals surface area contributed by atoms with Gasteiger partial charge in [-0.15, -0.1) is 0 Å². The van der Waals surface area contributed by atoms with Crippen LogP contribution >= 0.6 is 0 Å². The molecule has 2 heterocycles. The van der Waals surface area contributed by atoms with Crippen LogP contribution in [0.4, 0.5) is 0 Å². The Balaban J connectivity index is 1.35. The second kappa shape index (κ2) is 5.72. The van der Waals surface area contributed by atoms with Crippen molar-refractivity contribution in [3.8, 4) is 23.0 Å². The van der Waals surface area contributed by atoms with Crippen LogP contribution in [0.15, 0.2) is 36.4 Å². The minimum absolute atomic E-state index is 0.135. The summed E-state index contributed by atoms with van der Waals surface area (Å²) in [6.45, 7) is 0.997. The topological polar surface area (TPSA) is 66.0 Å². The summed E-state index contributed by atoms with van der Waals surface area (Å²) in [4.78, 5) is 12.2. The maximum Gasteiger partial charge on any atom is 0.251 e. The molecule has 118 valence electrons. The van der Waals surface area contributed by atoms with E-state index in [1.165, 1.54) is 0 Å². The van der Waals surface area contributed by atoms with Crippen LogP contribution in [-0.4, -0.2) is 26.0 Å². The minimum Gasteiger partial charge on any atom is -0.454 e. The van der Waals surface area contributed by atoms with Gasteiger partial charge in [0.1, 0.15) is 0 Å². The van der Waals surface area contributed by atoms with E-state index >= 15 is 0 Å². The van der Waals surface area contributed by atoms with E-state index in [-0.39, 0.29) is 19.5 Å². The van der Waals surface area contributed by atoms with Gasteiger partial charge in [0, 0.05) is 12.1 Å². The lowest BCUT2D eigenvalue weighted by molar-refractivity contribution is 0.0953. The molecule has 1 N–H and O–H groups in total. The van der Waals surface area contributed by atoms with Gasteiger partial charge in [0.05, 0.1) is 0 Å². The predicted molar refractivity (Wildman–Crippen MR) is 81.2 cm³/mol. The van der Waals surface area contributed by atoms with Crippen molar-refractivity contribution in [3.05, 3.63) is 47.5 Å². The van der Waals surface area contributed by atoms with E-state index < -0.39 is 0 Å². The van der Waals surface area contributed by atoms with Gasteiger partial charge in [-0.1, -0.05) is 6.07 Å².